The average Bonchev–Trinajstić information content (AvgIpc) is 2.69. The predicted octanol–water partition coefficient (Wildman–Crippen LogP) is 5.75. The monoisotopic (exact) mass is 410 g/mol. The molecule has 2 aromatic carbocycles. The summed E-state index contributed by atoms with van der Waals surface area (Å²) in [6, 6.07) is 12.2. The summed E-state index contributed by atoms with van der Waals surface area (Å²) in [5.41, 5.74) is 3.80. The molecule has 2 aromatic rings. The maximum atomic E-state index is 6.21. The molecular formula is C25H34N2O3. The van der Waals surface area contributed by atoms with Crippen molar-refractivity contribution < 1.29 is 14.2 Å². The van der Waals surface area contributed by atoms with Crippen LogP contribution in [0, 0.1) is 13.8 Å². The Morgan fingerprint density at radius 3 is 2.43 bits per heavy atom. The topological polar surface area (TPSA) is 43.3 Å². The van der Waals surface area contributed by atoms with Crippen molar-refractivity contribution in [3.05, 3.63) is 53.1 Å². The Hall–Kier alpha value is -2.37. The SMILES string of the molecule is COC(C)(C)c1cccc(Oc2cc(C)c(N=CN3CC(C)OC(C)C3)cc2C)c1. The Kier molecular flexibility index (Phi) is 6.84. The van der Waals surface area contributed by atoms with Crippen molar-refractivity contribution in [2.45, 2.75) is 59.4 Å². The molecule has 0 saturated carbocycles. The lowest BCUT2D eigenvalue weighted by Crippen LogP contribution is -2.44. The first kappa shape index (κ1) is 22.3. The lowest BCUT2D eigenvalue weighted by molar-refractivity contribution is -0.0466. The standard InChI is InChI=1S/C25H34N2O3/c1-17-12-24(30-22-10-8-9-21(13-22)25(5,6)28-7)18(2)11-23(17)26-16-27-14-19(3)29-20(4)15-27/h8-13,16,19-20H,14-15H2,1-7H3. The lowest BCUT2D eigenvalue weighted by Gasteiger charge is -2.33. The summed E-state index contributed by atoms with van der Waals surface area (Å²) < 4.78 is 17.6. The Labute approximate surface area is 180 Å². The Balaban J connectivity index is 1.77. The van der Waals surface area contributed by atoms with E-state index >= 15 is 0 Å². The van der Waals surface area contributed by atoms with Crippen LogP contribution in [0.25, 0.3) is 0 Å². The molecule has 1 aliphatic rings. The van der Waals surface area contributed by atoms with Gasteiger partial charge in [0.05, 0.1) is 29.8 Å². The van der Waals surface area contributed by atoms with Crippen LogP contribution in [0.5, 0.6) is 11.5 Å². The van der Waals surface area contributed by atoms with Crippen molar-refractivity contribution in [2.75, 3.05) is 20.2 Å². The number of nitrogens with zero attached hydrogens (tertiary/aromatic N) is 2. The van der Waals surface area contributed by atoms with Crippen molar-refractivity contribution in [3.8, 4) is 11.5 Å². The van der Waals surface area contributed by atoms with Gasteiger partial charge in [0.25, 0.3) is 0 Å². The molecule has 30 heavy (non-hydrogen) atoms. The normalized spacial score (nSPS) is 20.0. The lowest BCUT2D eigenvalue weighted by atomic mass is 9.98. The smallest absolute Gasteiger partial charge is 0.130 e. The second kappa shape index (κ2) is 9.19. The van der Waals surface area contributed by atoms with E-state index in [1.807, 2.05) is 38.4 Å². The fourth-order valence-corrected chi connectivity index (χ4v) is 3.66. The highest BCUT2D eigenvalue weighted by molar-refractivity contribution is 5.65. The summed E-state index contributed by atoms with van der Waals surface area (Å²) in [5.74, 6) is 1.64. The van der Waals surface area contributed by atoms with Gasteiger partial charge >= 0.3 is 0 Å². The maximum absolute atomic E-state index is 6.21. The predicted molar refractivity (Wildman–Crippen MR) is 122 cm³/mol. The molecular weight excluding hydrogens is 376 g/mol. The van der Waals surface area contributed by atoms with Crippen LogP contribution in [0.3, 0.4) is 0 Å². The van der Waals surface area contributed by atoms with Crippen LogP contribution in [0.1, 0.15) is 44.4 Å². The number of methoxy groups -OCH3 is 1. The van der Waals surface area contributed by atoms with E-state index in [0.29, 0.717) is 0 Å². The number of rotatable bonds is 6. The molecule has 162 valence electrons. The maximum Gasteiger partial charge on any atom is 0.130 e. The van der Waals surface area contributed by atoms with Crippen molar-refractivity contribution in [1.82, 2.24) is 4.90 Å². The van der Waals surface area contributed by atoms with E-state index in [1.165, 1.54) is 0 Å². The molecule has 0 aromatic heterocycles. The minimum absolute atomic E-state index is 0.220. The quantitative estimate of drug-likeness (QED) is 0.449. The summed E-state index contributed by atoms with van der Waals surface area (Å²) in [7, 11) is 1.72. The van der Waals surface area contributed by atoms with Gasteiger partial charge in [0.2, 0.25) is 0 Å². The van der Waals surface area contributed by atoms with Crippen molar-refractivity contribution in [1.29, 1.82) is 0 Å². The molecule has 1 saturated heterocycles. The van der Waals surface area contributed by atoms with Crippen LogP contribution in [-0.4, -0.2) is 43.6 Å². The number of hydrogen-bond acceptors (Lipinski definition) is 4. The van der Waals surface area contributed by atoms with Gasteiger partial charge in [0.1, 0.15) is 11.5 Å². The molecule has 2 unspecified atom stereocenters. The minimum Gasteiger partial charge on any atom is -0.457 e. The molecule has 0 bridgehead atoms. The second-order valence-corrected chi connectivity index (χ2v) is 8.70. The third kappa shape index (κ3) is 5.41. The van der Waals surface area contributed by atoms with E-state index in [-0.39, 0.29) is 17.8 Å². The zero-order valence-electron chi connectivity index (χ0n) is 19.2. The molecule has 5 heteroatoms. The number of aliphatic imine (C=N–C) groups is 1. The van der Waals surface area contributed by atoms with Gasteiger partial charge in [0.15, 0.2) is 0 Å². The summed E-state index contributed by atoms with van der Waals surface area (Å²) in [4.78, 5) is 6.96. The third-order valence-corrected chi connectivity index (χ3v) is 5.57. The van der Waals surface area contributed by atoms with E-state index in [2.05, 4.69) is 50.8 Å². The van der Waals surface area contributed by atoms with Crippen LogP contribution in [0.4, 0.5) is 5.69 Å². The van der Waals surface area contributed by atoms with Gasteiger partial charge in [-0.15, -0.1) is 0 Å². The summed E-state index contributed by atoms with van der Waals surface area (Å²) >= 11 is 0. The van der Waals surface area contributed by atoms with Gasteiger partial charge in [-0.25, -0.2) is 4.99 Å². The van der Waals surface area contributed by atoms with E-state index < -0.39 is 0 Å². The van der Waals surface area contributed by atoms with E-state index in [1.54, 1.807) is 7.11 Å². The molecule has 5 nitrogen and oxygen atoms in total. The fourth-order valence-electron chi connectivity index (χ4n) is 3.66. The number of hydrogen-bond donors (Lipinski definition) is 0. The molecule has 0 amide bonds. The molecule has 1 heterocycles. The molecule has 2 atom stereocenters. The first-order valence-corrected chi connectivity index (χ1v) is 10.6. The first-order valence-electron chi connectivity index (χ1n) is 10.6. The highest BCUT2D eigenvalue weighted by atomic mass is 16.5. The first-order chi connectivity index (χ1) is 14.2. The van der Waals surface area contributed by atoms with Gasteiger partial charge < -0.3 is 19.1 Å². The number of ether oxygens (including phenoxy) is 3. The van der Waals surface area contributed by atoms with E-state index in [4.69, 9.17) is 19.2 Å². The number of benzene rings is 2. The van der Waals surface area contributed by atoms with Gasteiger partial charge in [-0.3, -0.25) is 0 Å². The summed E-state index contributed by atoms with van der Waals surface area (Å²) in [5, 5.41) is 0. The van der Waals surface area contributed by atoms with Crippen LogP contribution < -0.4 is 4.74 Å². The minimum atomic E-state index is -0.364. The highest BCUT2D eigenvalue weighted by Gasteiger charge is 2.21. The zero-order chi connectivity index (χ0) is 21.9. The van der Waals surface area contributed by atoms with Crippen molar-refractivity contribution in [2.24, 2.45) is 4.99 Å². The molecule has 0 aliphatic carbocycles. The van der Waals surface area contributed by atoms with E-state index in [9.17, 15) is 0 Å². The van der Waals surface area contributed by atoms with Crippen LogP contribution >= 0.6 is 0 Å². The number of aryl methyl sites for hydroxylation is 2. The summed E-state index contributed by atoms with van der Waals surface area (Å²) in [6.45, 7) is 14.1. The molecule has 1 aliphatic heterocycles. The van der Waals surface area contributed by atoms with E-state index in [0.717, 1.165) is 47.0 Å². The Morgan fingerprint density at radius 1 is 1.07 bits per heavy atom. The molecule has 0 N–H and O–H groups in total. The molecule has 3 rings (SSSR count). The summed E-state index contributed by atoms with van der Waals surface area (Å²) in [6.07, 6.45) is 2.38. The van der Waals surface area contributed by atoms with Crippen LogP contribution in [-0.2, 0) is 15.1 Å². The third-order valence-electron chi connectivity index (χ3n) is 5.57. The highest BCUT2D eigenvalue weighted by Crippen LogP contribution is 2.33. The second-order valence-electron chi connectivity index (χ2n) is 8.70. The fraction of sp³-hybridized carbons (Fsp3) is 0.480. The Bertz CT molecular complexity index is 897. The number of morpholine rings is 1. The van der Waals surface area contributed by atoms with Crippen molar-refractivity contribution >= 4 is 12.0 Å². The van der Waals surface area contributed by atoms with Gasteiger partial charge in [-0.2, -0.15) is 0 Å². The van der Waals surface area contributed by atoms with Crippen LogP contribution in [0.15, 0.2) is 41.4 Å². The van der Waals surface area contributed by atoms with Gasteiger partial charge in [0, 0.05) is 20.2 Å². The van der Waals surface area contributed by atoms with Gasteiger partial charge in [-0.1, -0.05) is 12.1 Å². The molecule has 0 spiro atoms. The molecule has 1 fully saturated rings. The van der Waals surface area contributed by atoms with Crippen molar-refractivity contribution in [3.63, 3.8) is 0 Å². The average molecular weight is 411 g/mol. The zero-order valence-corrected chi connectivity index (χ0v) is 19.2. The van der Waals surface area contributed by atoms with Gasteiger partial charge in [-0.05, 0) is 82.5 Å². The largest absolute Gasteiger partial charge is 0.457 e. The molecule has 0 radical (unpaired) electrons. The Morgan fingerprint density at radius 2 is 1.77 bits per heavy atom. The van der Waals surface area contributed by atoms with Crippen LogP contribution in [0.2, 0.25) is 0 Å².